The molecule has 0 aliphatic carbocycles. The van der Waals surface area contributed by atoms with Crippen LogP contribution in [0.1, 0.15) is 19.5 Å². The maximum Gasteiger partial charge on any atom is 0.435 e. The first-order chi connectivity index (χ1) is 12.1. The number of amides is 1. The average Bonchev–Trinajstić information content (AvgIpc) is 3.04. The Bertz CT molecular complexity index is 722. The highest BCUT2D eigenvalue weighted by molar-refractivity contribution is 7.86. The van der Waals surface area contributed by atoms with Crippen LogP contribution in [-0.4, -0.2) is 76.9 Å². The molecular weight excluding hydrogens is 375 g/mol. The molecule has 0 aromatic carbocycles. The summed E-state index contributed by atoms with van der Waals surface area (Å²) < 4.78 is 66.1. The molecule has 1 aromatic heterocycles. The number of nitrogens with zero attached hydrogens (tertiary/aromatic N) is 5. The summed E-state index contributed by atoms with van der Waals surface area (Å²) >= 11 is 0. The van der Waals surface area contributed by atoms with Crippen molar-refractivity contribution < 1.29 is 26.4 Å². The van der Waals surface area contributed by atoms with E-state index in [0.717, 1.165) is 16.9 Å². The molecule has 0 bridgehead atoms. The number of halogens is 3. The largest absolute Gasteiger partial charge is 0.435 e. The van der Waals surface area contributed by atoms with Gasteiger partial charge >= 0.3 is 6.18 Å². The first kappa shape index (κ1) is 20.6. The predicted octanol–water partition coefficient (Wildman–Crippen LogP) is 0.633. The van der Waals surface area contributed by atoms with Gasteiger partial charge in [-0.15, -0.1) is 0 Å². The normalized spacial score (nSPS) is 17.1. The van der Waals surface area contributed by atoms with Crippen LogP contribution in [0.3, 0.4) is 0 Å². The van der Waals surface area contributed by atoms with Crippen molar-refractivity contribution in [3.8, 4) is 0 Å². The molecule has 8 nitrogen and oxygen atoms in total. The van der Waals surface area contributed by atoms with Crippen LogP contribution in [0.5, 0.6) is 0 Å². The summed E-state index contributed by atoms with van der Waals surface area (Å²) in [7, 11) is -3.56. The van der Waals surface area contributed by atoms with E-state index in [1.165, 1.54) is 13.5 Å². The molecule has 0 atom stereocenters. The first-order valence-corrected chi connectivity index (χ1v) is 9.63. The van der Waals surface area contributed by atoms with Crippen molar-refractivity contribution in [1.29, 1.82) is 0 Å². The highest BCUT2D eigenvalue weighted by Crippen LogP contribution is 2.27. The van der Waals surface area contributed by atoms with Crippen molar-refractivity contribution in [1.82, 2.24) is 23.3 Å². The third kappa shape index (κ3) is 4.54. The van der Waals surface area contributed by atoms with E-state index in [1.54, 1.807) is 13.8 Å². The molecule has 2 rings (SSSR count). The third-order valence-corrected chi connectivity index (χ3v) is 6.36. The molecule has 0 N–H and O–H groups in total. The second-order valence-electron chi connectivity index (χ2n) is 5.77. The van der Waals surface area contributed by atoms with Gasteiger partial charge in [-0.25, -0.2) is 0 Å². The van der Waals surface area contributed by atoms with Crippen molar-refractivity contribution in [2.45, 2.75) is 26.6 Å². The van der Waals surface area contributed by atoms with E-state index in [9.17, 15) is 26.4 Å². The van der Waals surface area contributed by atoms with E-state index in [2.05, 4.69) is 5.10 Å². The molecule has 26 heavy (non-hydrogen) atoms. The summed E-state index contributed by atoms with van der Waals surface area (Å²) in [6.45, 7) is 4.57. The van der Waals surface area contributed by atoms with Crippen molar-refractivity contribution in [2.75, 3.05) is 39.3 Å². The van der Waals surface area contributed by atoms with E-state index >= 15 is 0 Å². The van der Waals surface area contributed by atoms with Gasteiger partial charge < -0.3 is 4.90 Å². The Morgan fingerprint density at radius 1 is 1.19 bits per heavy atom. The van der Waals surface area contributed by atoms with Gasteiger partial charge in [0.2, 0.25) is 5.91 Å². The number of rotatable bonds is 6. The van der Waals surface area contributed by atoms with E-state index in [0.29, 0.717) is 13.1 Å². The van der Waals surface area contributed by atoms with E-state index in [4.69, 9.17) is 0 Å². The lowest BCUT2D eigenvalue weighted by molar-refractivity contribution is -0.142. The first-order valence-electron chi connectivity index (χ1n) is 8.23. The van der Waals surface area contributed by atoms with Gasteiger partial charge in [0, 0.05) is 45.5 Å². The lowest BCUT2D eigenvalue weighted by Gasteiger charge is -2.36. The van der Waals surface area contributed by atoms with Crippen LogP contribution in [0.25, 0.3) is 0 Å². The van der Waals surface area contributed by atoms with Crippen molar-refractivity contribution in [3.63, 3.8) is 0 Å². The molecule has 2 heterocycles. The van der Waals surface area contributed by atoms with Gasteiger partial charge in [0.1, 0.15) is 6.54 Å². The van der Waals surface area contributed by atoms with E-state index < -0.39 is 28.0 Å². The Morgan fingerprint density at radius 3 is 2.23 bits per heavy atom. The molecular formula is C14H22F3N5O3S. The summed E-state index contributed by atoms with van der Waals surface area (Å²) in [4.78, 5) is 13.7. The second-order valence-corrected chi connectivity index (χ2v) is 7.70. The zero-order valence-electron chi connectivity index (χ0n) is 14.6. The number of carbonyl (C=O) groups excluding carboxylic acids is 1. The van der Waals surface area contributed by atoms with Gasteiger partial charge in [0.15, 0.2) is 5.69 Å². The van der Waals surface area contributed by atoms with Gasteiger partial charge in [-0.3, -0.25) is 9.48 Å². The Balaban J connectivity index is 1.93. The van der Waals surface area contributed by atoms with Crippen molar-refractivity contribution in [3.05, 3.63) is 18.0 Å². The minimum atomic E-state index is -4.56. The molecule has 1 saturated heterocycles. The predicted molar refractivity (Wildman–Crippen MR) is 87.2 cm³/mol. The highest BCUT2D eigenvalue weighted by Gasteiger charge is 2.34. The molecule has 0 saturated carbocycles. The molecule has 0 unspecified atom stereocenters. The average molecular weight is 397 g/mol. The Hall–Kier alpha value is -1.66. The van der Waals surface area contributed by atoms with Crippen LogP contribution in [0.4, 0.5) is 13.2 Å². The molecule has 1 amide bonds. The van der Waals surface area contributed by atoms with E-state index in [1.807, 2.05) is 0 Å². The monoisotopic (exact) mass is 397 g/mol. The fourth-order valence-corrected chi connectivity index (χ4v) is 4.32. The van der Waals surface area contributed by atoms with Crippen LogP contribution in [-0.2, 0) is 27.7 Å². The zero-order chi connectivity index (χ0) is 19.5. The fourth-order valence-electron chi connectivity index (χ4n) is 2.72. The Kier molecular flexibility index (Phi) is 6.29. The smallest absolute Gasteiger partial charge is 0.338 e. The van der Waals surface area contributed by atoms with Gasteiger partial charge in [0.25, 0.3) is 10.2 Å². The van der Waals surface area contributed by atoms with Crippen LogP contribution >= 0.6 is 0 Å². The van der Waals surface area contributed by atoms with Crippen molar-refractivity contribution in [2.24, 2.45) is 0 Å². The standard InChI is InChI=1S/C14H22F3N5O3S/c1-3-21(4-2)26(24,25)22-9-7-19(8-10-22)13(23)11-20-6-5-12(18-20)14(15,16)17/h5-6H,3-4,7-11H2,1-2H3. The summed E-state index contributed by atoms with van der Waals surface area (Å²) in [5, 5.41) is 3.35. The molecule has 12 heteroatoms. The maximum atomic E-state index is 12.5. The molecule has 1 fully saturated rings. The Morgan fingerprint density at radius 2 is 1.77 bits per heavy atom. The minimum Gasteiger partial charge on any atom is -0.338 e. The highest BCUT2D eigenvalue weighted by atomic mass is 32.2. The SMILES string of the molecule is CCN(CC)S(=O)(=O)N1CCN(C(=O)Cn2ccc(C(F)(F)F)n2)CC1. The van der Waals surface area contributed by atoms with Gasteiger partial charge in [-0.05, 0) is 6.07 Å². The number of hydrogen-bond acceptors (Lipinski definition) is 4. The van der Waals surface area contributed by atoms with E-state index in [-0.39, 0.29) is 32.7 Å². The molecule has 148 valence electrons. The summed E-state index contributed by atoms with van der Waals surface area (Å²) in [6, 6.07) is 0.807. The van der Waals surface area contributed by atoms with Crippen LogP contribution in [0.15, 0.2) is 12.3 Å². The van der Waals surface area contributed by atoms with Crippen LogP contribution < -0.4 is 0 Å². The Labute approximate surface area is 150 Å². The molecule has 0 spiro atoms. The maximum absolute atomic E-state index is 12.5. The second kappa shape index (κ2) is 7.92. The molecule has 1 aliphatic rings. The van der Waals surface area contributed by atoms with Gasteiger partial charge in [-0.2, -0.15) is 35.3 Å². The molecule has 0 radical (unpaired) electrons. The summed E-state index contributed by atoms with van der Waals surface area (Å²) in [5.41, 5.74) is -1.06. The van der Waals surface area contributed by atoms with Crippen LogP contribution in [0, 0.1) is 0 Å². The molecule has 1 aromatic rings. The van der Waals surface area contributed by atoms with Gasteiger partial charge in [-0.1, -0.05) is 13.8 Å². The summed E-state index contributed by atoms with van der Waals surface area (Å²) in [5.74, 6) is -0.401. The number of aromatic nitrogens is 2. The summed E-state index contributed by atoms with van der Waals surface area (Å²) in [6.07, 6.45) is -3.46. The number of piperazine rings is 1. The van der Waals surface area contributed by atoms with Gasteiger partial charge in [0.05, 0.1) is 0 Å². The number of hydrogen-bond donors (Lipinski definition) is 0. The number of carbonyl (C=O) groups is 1. The zero-order valence-corrected chi connectivity index (χ0v) is 15.4. The quantitative estimate of drug-likeness (QED) is 0.706. The van der Waals surface area contributed by atoms with Crippen molar-refractivity contribution >= 4 is 16.1 Å². The number of alkyl halides is 3. The lowest BCUT2D eigenvalue weighted by Crippen LogP contribution is -2.54. The third-order valence-electron chi connectivity index (χ3n) is 4.18. The minimum absolute atomic E-state index is 0.150. The molecule has 1 aliphatic heterocycles. The van der Waals surface area contributed by atoms with Crippen LogP contribution in [0.2, 0.25) is 0 Å². The lowest BCUT2D eigenvalue weighted by atomic mass is 10.3. The topological polar surface area (TPSA) is 78.8 Å². The fraction of sp³-hybridized carbons (Fsp3) is 0.714.